The van der Waals surface area contributed by atoms with Gasteiger partial charge in [-0.2, -0.15) is 4.31 Å². The zero-order valence-corrected chi connectivity index (χ0v) is 20.6. The zero-order valence-electron chi connectivity index (χ0n) is 18.9. The topological polar surface area (TPSA) is 87.7 Å². The summed E-state index contributed by atoms with van der Waals surface area (Å²) < 4.78 is 32.2. The highest BCUT2D eigenvalue weighted by Gasteiger charge is 2.21. The molecule has 0 aliphatic heterocycles. The number of nitrogens with one attached hydrogen (secondary N) is 2. The molecule has 0 heterocycles. The van der Waals surface area contributed by atoms with E-state index in [-0.39, 0.29) is 15.9 Å². The van der Waals surface area contributed by atoms with Gasteiger partial charge in [-0.1, -0.05) is 27.7 Å². The van der Waals surface area contributed by atoms with Crippen molar-refractivity contribution in [2.75, 3.05) is 25.0 Å². The molecule has 32 heavy (non-hydrogen) atoms. The van der Waals surface area contributed by atoms with Crippen molar-refractivity contribution < 1.29 is 17.9 Å². The van der Waals surface area contributed by atoms with Crippen LogP contribution in [-0.2, 0) is 10.0 Å². The molecule has 2 aromatic rings. The fourth-order valence-electron chi connectivity index (χ4n) is 2.88. The predicted octanol–water partition coefficient (Wildman–Crippen LogP) is 4.27. The molecule has 9 heteroatoms. The second-order valence-corrected chi connectivity index (χ2v) is 9.92. The minimum absolute atomic E-state index is 0.117. The van der Waals surface area contributed by atoms with E-state index in [4.69, 9.17) is 17.0 Å². The molecule has 1 amide bonds. The van der Waals surface area contributed by atoms with Crippen molar-refractivity contribution in [2.24, 2.45) is 5.92 Å². The molecule has 0 bridgehead atoms. The number of carbonyl (C=O) groups excluding carboxylic acids is 1. The lowest BCUT2D eigenvalue weighted by molar-refractivity contribution is 0.0977. The van der Waals surface area contributed by atoms with Crippen molar-refractivity contribution in [1.82, 2.24) is 9.62 Å². The Hall–Kier alpha value is -2.49. The molecule has 2 N–H and O–H groups in total. The molecule has 0 fully saturated rings. The highest BCUT2D eigenvalue weighted by atomic mass is 32.2. The molecule has 2 rings (SSSR count). The molecule has 2 aromatic carbocycles. The summed E-state index contributed by atoms with van der Waals surface area (Å²) in [5.74, 6) is 0.927. The van der Waals surface area contributed by atoms with Gasteiger partial charge in [0.1, 0.15) is 5.75 Å². The third-order valence-corrected chi connectivity index (χ3v) is 7.03. The summed E-state index contributed by atoms with van der Waals surface area (Å²) in [5, 5.41) is 5.63. The Bertz CT molecular complexity index is 1000. The van der Waals surface area contributed by atoms with Gasteiger partial charge in [-0.05, 0) is 73.1 Å². The maximum atomic E-state index is 12.6. The van der Waals surface area contributed by atoms with Crippen LogP contribution in [0.15, 0.2) is 53.4 Å². The number of carbonyl (C=O) groups is 1. The van der Waals surface area contributed by atoms with E-state index in [0.717, 1.165) is 6.42 Å². The van der Waals surface area contributed by atoms with Gasteiger partial charge < -0.3 is 10.1 Å². The van der Waals surface area contributed by atoms with E-state index in [2.05, 4.69) is 24.5 Å². The molecule has 0 saturated carbocycles. The molecule has 0 spiro atoms. The van der Waals surface area contributed by atoms with E-state index in [1.807, 2.05) is 0 Å². The summed E-state index contributed by atoms with van der Waals surface area (Å²) in [5.41, 5.74) is 1.02. The third-order valence-electron chi connectivity index (χ3n) is 4.76. The largest absolute Gasteiger partial charge is 0.494 e. The summed E-state index contributed by atoms with van der Waals surface area (Å²) >= 11 is 5.21. The number of thiocarbonyl (C=S) groups is 1. The van der Waals surface area contributed by atoms with Crippen LogP contribution in [0.4, 0.5) is 5.69 Å². The number of hydrogen-bond donors (Lipinski definition) is 2. The van der Waals surface area contributed by atoms with Gasteiger partial charge in [0.15, 0.2) is 5.11 Å². The summed E-state index contributed by atoms with van der Waals surface area (Å²) in [6, 6.07) is 13.1. The van der Waals surface area contributed by atoms with Crippen LogP contribution in [0.3, 0.4) is 0 Å². The Morgan fingerprint density at radius 2 is 1.62 bits per heavy atom. The van der Waals surface area contributed by atoms with Crippen LogP contribution in [0, 0.1) is 5.92 Å². The normalized spacial score (nSPS) is 11.4. The fraction of sp³-hybridized carbons (Fsp3) is 0.391. The number of nitrogens with zero attached hydrogens (tertiary/aromatic N) is 1. The van der Waals surface area contributed by atoms with Gasteiger partial charge in [-0.15, -0.1) is 0 Å². The van der Waals surface area contributed by atoms with Gasteiger partial charge in [0.25, 0.3) is 5.91 Å². The van der Waals surface area contributed by atoms with Crippen molar-refractivity contribution >= 4 is 38.9 Å². The van der Waals surface area contributed by atoms with Crippen LogP contribution >= 0.6 is 12.2 Å². The smallest absolute Gasteiger partial charge is 0.257 e. The number of rotatable bonds is 10. The van der Waals surface area contributed by atoms with E-state index in [1.54, 1.807) is 50.2 Å². The van der Waals surface area contributed by atoms with Crippen molar-refractivity contribution in [1.29, 1.82) is 0 Å². The van der Waals surface area contributed by atoms with Crippen LogP contribution in [0.5, 0.6) is 5.75 Å². The molecule has 0 atom stereocenters. The number of sulfonamides is 1. The average Bonchev–Trinajstić information content (AvgIpc) is 2.75. The summed E-state index contributed by atoms with van der Waals surface area (Å²) in [7, 11) is -3.52. The number of anilines is 1. The van der Waals surface area contributed by atoms with Crippen LogP contribution in [0.1, 0.15) is 44.5 Å². The first-order chi connectivity index (χ1) is 15.2. The summed E-state index contributed by atoms with van der Waals surface area (Å²) in [6.45, 7) is 9.30. The first-order valence-corrected chi connectivity index (χ1v) is 12.5. The molecule has 0 aliphatic carbocycles. The van der Waals surface area contributed by atoms with Crippen molar-refractivity contribution in [3.8, 4) is 5.75 Å². The first-order valence-electron chi connectivity index (χ1n) is 10.6. The lowest BCUT2D eigenvalue weighted by Crippen LogP contribution is -2.34. The molecular weight excluding hydrogens is 446 g/mol. The van der Waals surface area contributed by atoms with Gasteiger partial charge in [0.05, 0.1) is 11.5 Å². The fourth-order valence-corrected chi connectivity index (χ4v) is 4.54. The molecule has 174 valence electrons. The lowest BCUT2D eigenvalue weighted by Gasteiger charge is -2.18. The lowest BCUT2D eigenvalue weighted by atomic mass is 10.1. The minimum atomic E-state index is -3.52. The van der Waals surface area contributed by atoms with Gasteiger partial charge in [0, 0.05) is 24.3 Å². The average molecular weight is 478 g/mol. The van der Waals surface area contributed by atoms with E-state index in [9.17, 15) is 13.2 Å². The quantitative estimate of drug-likeness (QED) is 0.497. The second kappa shape index (κ2) is 11.9. The number of ether oxygens (including phenoxy) is 1. The minimum Gasteiger partial charge on any atom is -0.494 e. The van der Waals surface area contributed by atoms with Gasteiger partial charge in [-0.25, -0.2) is 8.42 Å². The number of benzene rings is 2. The molecule has 0 unspecified atom stereocenters. The van der Waals surface area contributed by atoms with Crippen molar-refractivity contribution in [3.63, 3.8) is 0 Å². The maximum Gasteiger partial charge on any atom is 0.257 e. The third kappa shape index (κ3) is 7.29. The number of amides is 1. The molecule has 7 nitrogen and oxygen atoms in total. The Balaban J connectivity index is 1.92. The molecular formula is C23H31N3O4S2. The van der Waals surface area contributed by atoms with Crippen molar-refractivity contribution in [2.45, 2.75) is 39.0 Å². The van der Waals surface area contributed by atoms with Crippen LogP contribution in [0.25, 0.3) is 0 Å². The zero-order chi connectivity index (χ0) is 23.7. The molecule has 0 saturated heterocycles. The molecule has 0 aromatic heterocycles. The molecule has 0 aliphatic rings. The van der Waals surface area contributed by atoms with Crippen LogP contribution in [0.2, 0.25) is 0 Å². The standard InChI is InChI=1S/C23H31N3O4S2/c1-5-26(6-2)32(28,29)21-13-9-19(10-14-21)24-23(31)25-22(27)18-7-11-20(12-8-18)30-16-15-17(3)4/h7-14,17H,5-6,15-16H2,1-4H3,(H2,24,25,27,31). The van der Waals surface area contributed by atoms with Crippen molar-refractivity contribution in [3.05, 3.63) is 54.1 Å². The second-order valence-electron chi connectivity index (χ2n) is 7.58. The first kappa shape index (κ1) is 25.8. The number of hydrogen-bond acceptors (Lipinski definition) is 5. The Morgan fingerprint density at radius 1 is 1.03 bits per heavy atom. The Labute approximate surface area is 196 Å². The maximum absolute atomic E-state index is 12.6. The van der Waals surface area contributed by atoms with E-state index >= 15 is 0 Å². The molecule has 0 radical (unpaired) electrons. The van der Waals surface area contributed by atoms with Crippen LogP contribution in [-0.4, -0.2) is 43.4 Å². The summed E-state index contributed by atoms with van der Waals surface area (Å²) in [4.78, 5) is 12.6. The van der Waals surface area contributed by atoms with E-state index < -0.39 is 10.0 Å². The Morgan fingerprint density at radius 3 is 2.16 bits per heavy atom. The SMILES string of the molecule is CCN(CC)S(=O)(=O)c1ccc(NC(=S)NC(=O)c2ccc(OCCC(C)C)cc2)cc1. The predicted molar refractivity (Wildman–Crippen MR) is 132 cm³/mol. The monoisotopic (exact) mass is 477 g/mol. The van der Waals surface area contributed by atoms with Gasteiger partial charge in [0.2, 0.25) is 10.0 Å². The van der Waals surface area contributed by atoms with E-state index in [0.29, 0.717) is 42.6 Å². The van der Waals surface area contributed by atoms with Crippen LogP contribution < -0.4 is 15.4 Å². The van der Waals surface area contributed by atoms with E-state index in [1.165, 1.54) is 16.4 Å². The Kier molecular flexibility index (Phi) is 9.61. The van der Waals surface area contributed by atoms with Gasteiger partial charge in [-0.3, -0.25) is 10.1 Å². The van der Waals surface area contributed by atoms with Gasteiger partial charge >= 0.3 is 0 Å². The highest BCUT2D eigenvalue weighted by molar-refractivity contribution is 7.89. The summed E-state index contributed by atoms with van der Waals surface area (Å²) in [6.07, 6.45) is 0.963. The highest BCUT2D eigenvalue weighted by Crippen LogP contribution is 2.18.